The van der Waals surface area contributed by atoms with Gasteiger partial charge >= 0.3 is 5.97 Å². The zero-order valence-corrected chi connectivity index (χ0v) is 20.8. The highest BCUT2D eigenvalue weighted by Crippen LogP contribution is 2.38. The molecule has 0 unspecified atom stereocenters. The molecule has 2 aromatic carbocycles. The first-order valence-corrected chi connectivity index (χ1v) is 11.1. The fourth-order valence-electron chi connectivity index (χ4n) is 3.27. The summed E-state index contributed by atoms with van der Waals surface area (Å²) >= 11 is 0. The van der Waals surface area contributed by atoms with Crippen LogP contribution in [0.25, 0.3) is 6.08 Å². The number of aryl methyl sites for hydroxylation is 1. The highest BCUT2D eigenvalue weighted by Gasteiger charge is 2.18. The van der Waals surface area contributed by atoms with Gasteiger partial charge in [-0.1, -0.05) is 25.1 Å². The van der Waals surface area contributed by atoms with Gasteiger partial charge < -0.3 is 29.2 Å². The monoisotopic (exact) mass is 484 g/mol. The minimum absolute atomic E-state index is 0.139. The molecule has 0 saturated carbocycles. The molecule has 2 rings (SSSR count). The fraction of sp³-hybridized carbons (Fsp3) is 0.346. The third-order valence-electron chi connectivity index (χ3n) is 5.04. The van der Waals surface area contributed by atoms with E-state index in [-0.39, 0.29) is 12.5 Å². The van der Waals surface area contributed by atoms with Crippen LogP contribution in [0.2, 0.25) is 0 Å². The first kappa shape index (κ1) is 27.2. The smallest absolute Gasteiger partial charge is 0.331 e. The van der Waals surface area contributed by atoms with E-state index in [1.807, 2.05) is 32.0 Å². The van der Waals surface area contributed by atoms with Crippen molar-refractivity contribution in [3.63, 3.8) is 0 Å². The van der Waals surface area contributed by atoms with Crippen LogP contribution in [0.5, 0.6) is 17.2 Å². The Bertz CT molecular complexity index is 1040. The van der Waals surface area contributed by atoms with E-state index in [4.69, 9.17) is 18.9 Å². The number of carbonyl (C=O) groups excluding carboxylic acids is 3. The lowest BCUT2D eigenvalue weighted by atomic mass is 10.1. The zero-order chi connectivity index (χ0) is 25.8. The highest BCUT2D eigenvalue weighted by atomic mass is 16.5. The Morgan fingerprint density at radius 1 is 1.00 bits per heavy atom. The Labute approximate surface area is 205 Å². The van der Waals surface area contributed by atoms with Gasteiger partial charge in [-0.3, -0.25) is 9.59 Å². The fourth-order valence-corrected chi connectivity index (χ4v) is 3.27. The number of esters is 1. The summed E-state index contributed by atoms with van der Waals surface area (Å²) in [6, 6.07) is 10.7. The molecule has 2 aromatic rings. The van der Waals surface area contributed by atoms with Gasteiger partial charge in [0.15, 0.2) is 18.1 Å². The third kappa shape index (κ3) is 8.06. The van der Waals surface area contributed by atoms with Crippen LogP contribution < -0.4 is 19.5 Å². The van der Waals surface area contributed by atoms with E-state index in [0.29, 0.717) is 41.5 Å². The molecule has 188 valence electrons. The lowest BCUT2D eigenvalue weighted by Crippen LogP contribution is -2.40. The van der Waals surface area contributed by atoms with Gasteiger partial charge in [-0.05, 0) is 48.7 Å². The average Bonchev–Trinajstić information content (AvgIpc) is 2.86. The van der Waals surface area contributed by atoms with Crippen molar-refractivity contribution >= 4 is 29.5 Å². The van der Waals surface area contributed by atoms with Gasteiger partial charge in [0.05, 0.1) is 27.9 Å². The number of hydrogen-bond donors (Lipinski definition) is 1. The maximum atomic E-state index is 12.6. The summed E-state index contributed by atoms with van der Waals surface area (Å²) in [5, 5.41) is 2.80. The number of anilines is 1. The van der Waals surface area contributed by atoms with Crippen LogP contribution in [-0.2, 0) is 19.1 Å². The summed E-state index contributed by atoms with van der Waals surface area (Å²) in [5.74, 6) is -0.171. The van der Waals surface area contributed by atoms with Crippen molar-refractivity contribution in [2.24, 2.45) is 0 Å². The second-order valence-corrected chi connectivity index (χ2v) is 7.58. The van der Waals surface area contributed by atoms with Crippen LogP contribution >= 0.6 is 0 Å². The molecule has 0 aliphatic heterocycles. The molecule has 0 atom stereocenters. The minimum atomic E-state index is -0.701. The Balaban J connectivity index is 1.96. The van der Waals surface area contributed by atoms with E-state index in [2.05, 4.69) is 5.32 Å². The van der Waals surface area contributed by atoms with E-state index in [9.17, 15) is 14.4 Å². The van der Waals surface area contributed by atoms with E-state index < -0.39 is 18.5 Å². The number of benzene rings is 2. The van der Waals surface area contributed by atoms with Crippen molar-refractivity contribution in [1.29, 1.82) is 0 Å². The molecule has 0 aliphatic rings. The molecule has 0 fully saturated rings. The molecule has 0 spiro atoms. The van der Waals surface area contributed by atoms with Crippen LogP contribution in [-0.4, -0.2) is 63.7 Å². The Kier molecular flexibility index (Phi) is 10.6. The molecule has 1 N–H and O–H groups in total. The number of rotatable bonds is 12. The summed E-state index contributed by atoms with van der Waals surface area (Å²) in [4.78, 5) is 38.6. The van der Waals surface area contributed by atoms with Crippen molar-refractivity contribution in [3.05, 3.63) is 53.6 Å². The lowest BCUT2D eigenvalue weighted by Gasteiger charge is -2.21. The van der Waals surface area contributed by atoms with Crippen molar-refractivity contribution in [3.8, 4) is 17.2 Å². The summed E-state index contributed by atoms with van der Waals surface area (Å²) in [6.45, 7) is 3.52. The summed E-state index contributed by atoms with van der Waals surface area (Å²) in [7, 11) is 4.49. The second kappa shape index (κ2) is 13.6. The standard InChI is InChI=1S/C26H32N2O7/c1-6-13-28(16-23(29)27-20-10-8-7-9-18(20)2)24(30)17-35-25(31)12-11-19-14-21(32-3)26(34-5)22(15-19)33-4/h7-12,14-15H,6,13,16-17H2,1-5H3,(H,27,29)/b12-11+. The molecule has 0 aliphatic carbocycles. The predicted molar refractivity (Wildman–Crippen MR) is 133 cm³/mol. The largest absolute Gasteiger partial charge is 0.493 e. The van der Waals surface area contributed by atoms with Crippen LogP contribution in [0.3, 0.4) is 0 Å². The minimum Gasteiger partial charge on any atom is -0.493 e. The van der Waals surface area contributed by atoms with E-state index in [0.717, 1.165) is 5.56 Å². The first-order valence-electron chi connectivity index (χ1n) is 11.1. The number of ether oxygens (including phenoxy) is 4. The Morgan fingerprint density at radius 3 is 2.23 bits per heavy atom. The number of methoxy groups -OCH3 is 3. The van der Waals surface area contributed by atoms with Crippen LogP contribution in [0, 0.1) is 6.92 Å². The number of para-hydroxylation sites is 1. The first-order chi connectivity index (χ1) is 16.8. The van der Waals surface area contributed by atoms with Gasteiger partial charge in [-0.15, -0.1) is 0 Å². The van der Waals surface area contributed by atoms with E-state index >= 15 is 0 Å². The summed E-state index contributed by atoms with van der Waals surface area (Å²) in [5.41, 5.74) is 2.22. The molecule has 0 aromatic heterocycles. The maximum Gasteiger partial charge on any atom is 0.331 e. The normalized spacial score (nSPS) is 10.5. The Hall–Kier alpha value is -4.01. The molecule has 0 bridgehead atoms. The highest BCUT2D eigenvalue weighted by molar-refractivity contribution is 5.95. The SMILES string of the molecule is CCCN(CC(=O)Nc1ccccc1C)C(=O)COC(=O)/C=C/c1cc(OC)c(OC)c(OC)c1. The van der Waals surface area contributed by atoms with Crippen molar-refractivity contribution in [2.75, 3.05) is 46.3 Å². The molecule has 0 heterocycles. The predicted octanol–water partition coefficient (Wildman–Crippen LogP) is 3.45. The van der Waals surface area contributed by atoms with Crippen LogP contribution in [0.15, 0.2) is 42.5 Å². The molecule has 0 saturated heterocycles. The van der Waals surface area contributed by atoms with Crippen molar-refractivity contribution in [1.82, 2.24) is 4.90 Å². The molecule has 9 nitrogen and oxygen atoms in total. The molecular weight excluding hydrogens is 452 g/mol. The molecular formula is C26H32N2O7. The number of nitrogens with one attached hydrogen (secondary N) is 1. The van der Waals surface area contributed by atoms with Crippen molar-refractivity contribution < 1.29 is 33.3 Å². The van der Waals surface area contributed by atoms with Crippen LogP contribution in [0.4, 0.5) is 5.69 Å². The number of amides is 2. The lowest BCUT2D eigenvalue weighted by molar-refractivity contribution is -0.148. The van der Waals surface area contributed by atoms with Gasteiger partial charge in [0.2, 0.25) is 11.7 Å². The van der Waals surface area contributed by atoms with E-state index in [1.165, 1.54) is 38.4 Å². The second-order valence-electron chi connectivity index (χ2n) is 7.58. The van der Waals surface area contributed by atoms with Crippen LogP contribution in [0.1, 0.15) is 24.5 Å². The van der Waals surface area contributed by atoms with Crippen molar-refractivity contribution in [2.45, 2.75) is 20.3 Å². The topological polar surface area (TPSA) is 103 Å². The van der Waals surface area contributed by atoms with Gasteiger partial charge in [-0.2, -0.15) is 0 Å². The average molecular weight is 485 g/mol. The van der Waals surface area contributed by atoms with Gasteiger partial charge in [-0.25, -0.2) is 4.79 Å². The quantitative estimate of drug-likeness (QED) is 0.364. The zero-order valence-electron chi connectivity index (χ0n) is 20.8. The van der Waals surface area contributed by atoms with E-state index in [1.54, 1.807) is 18.2 Å². The third-order valence-corrected chi connectivity index (χ3v) is 5.04. The van der Waals surface area contributed by atoms with Gasteiger partial charge in [0.25, 0.3) is 5.91 Å². The maximum absolute atomic E-state index is 12.6. The van der Waals surface area contributed by atoms with Gasteiger partial charge in [0, 0.05) is 18.3 Å². The molecule has 0 radical (unpaired) electrons. The number of nitrogens with zero attached hydrogens (tertiary/aromatic N) is 1. The molecule has 35 heavy (non-hydrogen) atoms. The Morgan fingerprint density at radius 2 is 1.66 bits per heavy atom. The number of carbonyl (C=O) groups is 3. The molecule has 2 amide bonds. The van der Waals surface area contributed by atoms with Gasteiger partial charge in [0.1, 0.15) is 0 Å². The summed E-state index contributed by atoms with van der Waals surface area (Å²) < 4.78 is 21.0. The summed E-state index contributed by atoms with van der Waals surface area (Å²) in [6.07, 6.45) is 3.36. The number of hydrogen-bond acceptors (Lipinski definition) is 7. The molecule has 9 heteroatoms.